The molecule has 104 valence electrons. The fourth-order valence-electron chi connectivity index (χ4n) is 1.80. The van der Waals surface area contributed by atoms with Crippen molar-refractivity contribution in [1.82, 2.24) is 4.31 Å². The summed E-state index contributed by atoms with van der Waals surface area (Å²) < 4.78 is 39.2. The number of hydrogen-bond donors (Lipinski definition) is 0. The fourth-order valence-corrected chi connectivity index (χ4v) is 3.32. The Kier molecular flexibility index (Phi) is 3.31. The monoisotopic (exact) mass is 288 g/mol. The van der Waals surface area contributed by atoms with Crippen molar-refractivity contribution in [3.8, 4) is 0 Å². The Morgan fingerprint density at radius 3 is 2.47 bits per heavy atom. The molecule has 0 heterocycles. The molecule has 1 saturated carbocycles. The molecule has 1 fully saturated rings. The molecule has 0 atom stereocenters. The lowest BCUT2D eigenvalue weighted by Crippen LogP contribution is -2.29. The summed E-state index contributed by atoms with van der Waals surface area (Å²) in [5.41, 5.74) is -0.875. The first-order valence-corrected chi connectivity index (χ1v) is 7.11. The van der Waals surface area contributed by atoms with Gasteiger partial charge in [0.05, 0.1) is 9.82 Å². The molecule has 0 aliphatic heterocycles. The molecule has 1 aromatic rings. The normalized spacial score (nSPS) is 15.8. The summed E-state index contributed by atoms with van der Waals surface area (Å²) in [7, 11) is -2.38. The van der Waals surface area contributed by atoms with Crippen LogP contribution in [0.3, 0.4) is 0 Å². The lowest BCUT2D eigenvalue weighted by molar-refractivity contribution is -0.387. The van der Waals surface area contributed by atoms with Gasteiger partial charge in [-0.05, 0) is 31.4 Å². The molecule has 0 amide bonds. The molecule has 0 aromatic heterocycles. The zero-order valence-corrected chi connectivity index (χ0v) is 11.3. The number of rotatable bonds is 4. The van der Waals surface area contributed by atoms with Gasteiger partial charge in [-0.25, -0.2) is 8.42 Å². The van der Waals surface area contributed by atoms with E-state index >= 15 is 0 Å². The van der Waals surface area contributed by atoms with E-state index in [2.05, 4.69) is 0 Å². The average Bonchev–Trinajstić information content (AvgIpc) is 3.14. The van der Waals surface area contributed by atoms with Crippen molar-refractivity contribution in [1.29, 1.82) is 0 Å². The Balaban J connectivity index is 2.53. The number of nitro benzene ring substituents is 1. The lowest BCUT2D eigenvalue weighted by Gasteiger charge is -2.16. The summed E-state index contributed by atoms with van der Waals surface area (Å²) in [6, 6.07) is 1.84. The standard InChI is InChI=1S/C11H13FN2O4S/c1-7-5-9(6-10(11(7)12)14(15)16)19(17,18)13(2)8-3-4-8/h5-6,8H,3-4H2,1-2H3. The van der Waals surface area contributed by atoms with Gasteiger partial charge in [0.25, 0.3) is 0 Å². The van der Waals surface area contributed by atoms with Gasteiger partial charge in [-0.2, -0.15) is 8.70 Å². The molecule has 0 bridgehead atoms. The molecule has 1 aliphatic carbocycles. The molecule has 8 heteroatoms. The van der Waals surface area contributed by atoms with Crippen LogP contribution >= 0.6 is 0 Å². The van der Waals surface area contributed by atoms with E-state index in [0.717, 1.165) is 25.0 Å². The van der Waals surface area contributed by atoms with Gasteiger partial charge in [-0.3, -0.25) is 10.1 Å². The van der Waals surface area contributed by atoms with E-state index in [1.807, 2.05) is 0 Å². The van der Waals surface area contributed by atoms with Crippen molar-refractivity contribution in [3.63, 3.8) is 0 Å². The maximum absolute atomic E-state index is 13.5. The fraction of sp³-hybridized carbons (Fsp3) is 0.455. The highest BCUT2D eigenvalue weighted by molar-refractivity contribution is 7.89. The molecular weight excluding hydrogens is 275 g/mol. The van der Waals surface area contributed by atoms with Crippen LogP contribution in [-0.4, -0.2) is 30.7 Å². The molecule has 0 spiro atoms. The van der Waals surface area contributed by atoms with Crippen molar-refractivity contribution in [2.45, 2.75) is 30.7 Å². The zero-order valence-electron chi connectivity index (χ0n) is 10.5. The first-order chi connectivity index (χ1) is 8.75. The van der Waals surface area contributed by atoms with Crippen LogP contribution in [0.4, 0.5) is 10.1 Å². The summed E-state index contributed by atoms with van der Waals surface area (Å²) in [6.45, 7) is 1.30. The second-order valence-electron chi connectivity index (χ2n) is 4.58. The van der Waals surface area contributed by atoms with Gasteiger partial charge < -0.3 is 0 Å². The van der Waals surface area contributed by atoms with Crippen LogP contribution in [0, 0.1) is 22.9 Å². The summed E-state index contributed by atoms with van der Waals surface area (Å²) in [4.78, 5) is 9.57. The molecule has 1 aliphatic rings. The third-order valence-corrected chi connectivity index (χ3v) is 5.03. The number of nitro groups is 1. The molecule has 0 N–H and O–H groups in total. The SMILES string of the molecule is Cc1cc(S(=O)(=O)N(C)C2CC2)cc([N+](=O)[O-])c1F. The van der Waals surface area contributed by atoms with Gasteiger partial charge >= 0.3 is 5.69 Å². The van der Waals surface area contributed by atoms with E-state index < -0.39 is 26.5 Å². The highest BCUT2D eigenvalue weighted by Gasteiger charge is 2.36. The highest BCUT2D eigenvalue weighted by atomic mass is 32.2. The van der Waals surface area contributed by atoms with Gasteiger partial charge in [0.1, 0.15) is 0 Å². The number of benzene rings is 1. The van der Waals surface area contributed by atoms with Gasteiger partial charge in [0.15, 0.2) is 0 Å². The van der Waals surface area contributed by atoms with Gasteiger partial charge in [0.2, 0.25) is 15.8 Å². The maximum Gasteiger partial charge on any atom is 0.306 e. The van der Waals surface area contributed by atoms with E-state index in [1.54, 1.807) is 0 Å². The largest absolute Gasteiger partial charge is 0.306 e. The van der Waals surface area contributed by atoms with Crippen molar-refractivity contribution in [2.24, 2.45) is 0 Å². The number of halogens is 1. The van der Waals surface area contributed by atoms with Crippen LogP contribution in [0.5, 0.6) is 0 Å². The van der Waals surface area contributed by atoms with Crippen LogP contribution in [-0.2, 0) is 10.0 Å². The van der Waals surface area contributed by atoms with Gasteiger partial charge in [0, 0.05) is 19.2 Å². The second kappa shape index (κ2) is 4.53. The van der Waals surface area contributed by atoms with Crippen LogP contribution in [0.25, 0.3) is 0 Å². The Labute approximate surface area is 110 Å². The minimum Gasteiger partial charge on any atom is -0.258 e. The van der Waals surface area contributed by atoms with Crippen molar-refractivity contribution in [2.75, 3.05) is 7.05 Å². The second-order valence-corrected chi connectivity index (χ2v) is 6.58. The molecule has 0 radical (unpaired) electrons. The van der Waals surface area contributed by atoms with Crippen LogP contribution in [0.15, 0.2) is 17.0 Å². The number of aryl methyl sites for hydroxylation is 1. The van der Waals surface area contributed by atoms with Crippen molar-refractivity contribution >= 4 is 15.7 Å². The van der Waals surface area contributed by atoms with Crippen molar-refractivity contribution < 1.29 is 17.7 Å². The molecule has 1 aromatic carbocycles. The van der Waals surface area contributed by atoms with E-state index in [9.17, 15) is 22.9 Å². The first kappa shape index (κ1) is 13.9. The summed E-state index contributed by atoms with van der Waals surface area (Å²) >= 11 is 0. The Morgan fingerprint density at radius 1 is 1.42 bits per heavy atom. The topological polar surface area (TPSA) is 80.5 Å². The number of hydrogen-bond acceptors (Lipinski definition) is 4. The smallest absolute Gasteiger partial charge is 0.258 e. The number of nitrogens with zero attached hydrogens (tertiary/aromatic N) is 2. The third kappa shape index (κ3) is 2.45. The third-order valence-electron chi connectivity index (χ3n) is 3.14. The molecule has 0 unspecified atom stereocenters. The summed E-state index contributed by atoms with van der Waals surface area (Å²) in [5, 5.41) is 10.7. The van der Waals surface area contributed by atoms with E-state index in [1.165, 1.54) is 18.3 Å². The predicted octanol–water partition coefficient (Wildman–Crippen LogP) is 1.83. The Morgan fingerprint density at radius 2 is 2.00 bits per heavy atom. The predicted molar refractivity (Wildman–Crippen MR) is 65.8 cm³/mol. The lowest BCUT2D eigenvalue weighted by atomic mass is 10.2. The maximum atomic E-state index is 13.5. The van der Waals surface area contributed by atoms with E-state index in [4.69, 9.17) is 0 Å². The van der Waals surface area contributed by atoms with Crippen LogP contribution in [0.1, 0.15) is 18.4 Å². The first-order valence-electron chi connectivity index (χ1n) is 5.67. The van der Waals surface area contributed by atoms with Crippen LogP contribution < -0.4 is 0 Å². The Hall–Kier alpha value is -1.54. The van der Waals surface area contributed by atoms with Gasteiger partial charge in [-0.15, -0.1) is 0 Å². The zero-order chi connectivity index (χ0) is 14.4. The molecule has 0 saturated heterocycles. The van der Waals surface area contributed by atoms with Gasteiger partial charge in [-0.1, -0.05) is 0 Å². The molecule has 19 heavy (non-hydrogen) atoms. The summed E-state index contributed by atoms with van der Waals surface area (Å²) in [6.07, 6.45) is 1.55. The van der Waals surface area contributed by atoms with Crippen molar-refractivity contribution in [3.05, 3.63) is 33.6 Å². The number of sulfonamides is 1. The molecular formula is C11H13FN2O4S. The Bertz CT molecular complexity index is 640. The van der Waals surface area contributed by atoms with E-state index in [-0.39, 0.29) is 16.5 Å². The minimum absolute atomic E-state index is 0.0584. The average molecular weight is 288 g/mol. The van der Waals surface area contributed by atoms with E-state index in [0.29, 0.717) is 0 Å². The molecule has 6 nitrogen and oxygen atoms in total. The summed E-state index contributed by atoms with van der Waals surface area (Å²) in [5.74, 6) is -1.00. The minimum atomic E-state index is -3.81. The quantitative estimate of drug-likeness (QED) is 0.625. The molecule has 2 rings (SSSR count). The van der Waals surface area contributed by atoms with Crippen LogP contribution in [0.2, 0.25) is 0 Å². The highest BCUT2D eigenvalue weighted by Crippen LogP contribution is 2.32.